The Kier molecular flexibility index (Phi) is 3.90. The smallest absolute Gasteiger partial charge is 0.271 e. The maximum Gasteiger partial charge on any atom is 0.271 e. The molecule has 5 rings (SSSR count). The third-order valence-electron chi connectivity index (χ3n) is 5.84. The maximum absolute atomic E-state index is 13.0. The molecule has 0 bridgehead atoms. The third-order valence-corrected chi connectivity index (χ3v) is 5.84. The highest BCUT2D eigenvalue weighted by atomic mass is 16.5. The molecule has 1 unspecified atom stereocenters. The zero-order valence-corrected chi connectivity index (χ0v) is 15.2. The van der Waals surface area contributed by atoms with Crippen molar-refractivity contribution in [1.82, 2.24) is 4.90 Å². The van der Waals surface area contributed by atoms with Crippen molar-refractivity contribution in [2.24, 2.45) is 5.92 Å². The van der Waals surface area contributed by atoms with Crippen LogP contribution in [0.5, 0.6) is 0 Å². The Balaban J connectivity index is 1.42. The number of amides is 2. The number of fused-ring (bicyclic) bond motifs is 2. The van der Waals surface area contributed by atoms with Crippen LogP contribution in [0.4, 0.5) is 0 Å². The first kappa shape index (κ1) is 16.9. The van der Waals surface area contributed by atoms with Crippen LogP contribution in [0.3, 0.4) is 0 Å². The fourth-order valence-electron chi connectivity index (χ4n) is 4.49. The first-order valence-electron chi connectivity index (χ1n) is 9.50. The molecule has 28 heavy (non-hydrogen) atoms. The van der Waals surface area contributed by atoms with Gasteiger partial charge in [-0.2, -0.15) is 0 Å². The Morgan fingerprint density at radius 3 is 2.25 bits per heavy atom. The predicted molar refractivity (Wildman–Crippen MR) is 101 cm³/mol. The summed E-state index contributed by atoms with van der Waals surface area (Å²) in [5.74, 6) is -0.980. The van der Waals surface area contributed by atoms with Gasteiger partial charge in [0.2, 0.25) is 5.91 Å². The summed E-state index contributed by atoms with van der Waals surface area (Å²) in [5, 5.41) is 0. The molecular weight excluding hydrogens is 354 g/mol. The Labute approximate surface area is 162 Å². The second-order valence-electron chi connectivity index (χ2n) is 7.54. The molecule has 2 aromatic rings. The van der Waals surface area contributed by atoms with Crippen LogP contribution in [-0.4, -0.2) is 28.6 Å². The summed E-state index contributed by atoms with van der Waals surface area (Å²) in [6.45, 7) is 0.207. The van der Waals surface area contributed by atoms with Gasteiger partial charge in [-0.25, -0.2) is 0 Å². The number of rotatable bonds is 3. The minimum atomic E-state index is -0.889. The Bertz CT molecular complexity index is 996. The van der Waals surface area contributed by atoms with Gasteiger partial charge in [0, 0.05) is 18.4 Å². The topological polar surface area (TPSA) is 63.7 Å². The highest BCUT2D eigenvalue weighted by Gasteiger charge is 2.58. The van der Waals surface area contributed by atoms with Crippen molar-refractivity contribution in [2.45, 2.75) is 31.4 Å². The lowest BCUT2D eigenvalue weighted by molar-refractivity contribution is -0.142. The molecule has 0 N–H and O–H groups in total. The number of nitrogens with zero attached hydrogens (tertiary/aromatic N) is 1. The summed E-state index contributed by atoms with van der Waals surface area (Å²) in [5.41, 5.74) is 2.37. The maximum atomic E-state index is 13.0. The first-order valence-corrected chi connectivity index (χ1v) is 9.50. The van der Waals surface area contributed by atoms with Gasteiger partial charge in [-0.15, -0.1) is 0 Å². The van der Waals surface area contributed by atoms with E-state index in [4.69, 9.17) is 4.74 Å². The molecule has 0 radical (unpaired) electrons. The van der Waals surface area contributed by atoms with Gasteiger partial charge < -0.3 is 4.74 Å². The number of hydrogen-bond acceptors (Lipinski definition) is 4. The van der Waals surface area contributed by atoms with Crippen LogP contribution in [0.1, 0.15) is 29.9 Å². The van der Waals surface area contributed by atoms with Crippen molar-refractivity contribution in [3.05, 3.63) is 83.1 Å². The molecule has 140 valence electrons. The summed E-state index contributed by atoms with van der Waals surface area (Å²) in [7, 11) is 0. The Morgan fingerprint density at radius 2 is 1.54 bits per heavy atom. The fourth-order valence-corrected chi connectivity index (χ4v) is 4.49. The molecule has 2 aliphatic heterocycles. The lowest BCUT2D eigenvalue weighted by Crippen LogP contribution is -2.33. The minimum absolute atomic E-state index is 0.0249. The number of ether oxygens (including phenoxy) is 1. The van der Waals surface area contributed by atoms with Crippen LogP contribution in [0.25, 0.3) is 0 Å². The van der Waals surface area contributed by atoms with Crippen molar-refractivity contribution >= 4 is 17.6 Å². The molecule has 1 fully saturated rings. The average molecular weight is 373 g/mol. The van der Waals surface area contributed by atoms with Crippen molar-refractivity contribution in [1.29, 1.82) is 0 Å². The highest BCUT2D eigenvalue weighted by molar-refractivity contribution is 6.14. The normalized spacial score (nSPS) is 26.4. The summed E-state index contributed by atoms with van der Waals surface area (Å²) in [6.07, 6.45) is 0.00657. The highest BCUT2D eigenvalue weighted by Crippen LogP contribution is 2.47. The molecule has 3 atom stereocenters. The van der Waals surface area contributed by atoms with E-state index in [9.17, 15) is 14.4 Å². The van der Waals surface area contributed by atoms with Gasteiger partial charge in [-0.1, -0.05) is 60.7 Å². The number of carbonyl (C=O) groups is 3. The molecule has 0 spiro atoms. The fraction of sp³-hybridized carbons (Fsp3) is 0.261. The van der Waals surface area contributed by atoms with E-state index in [1.165, 1.54) is 4.90 Å². The van der Waals surface area contributed by atoms with Crippen molar-refractivity contribution in [3.8, 4) is 0 Å². The van der Waals surface area contributed by atoms with E-state index in [1.54, 1.807) is 0 Å². The van der Waals surface area contributed by atoms with Crippen LogP contribution >= 0.6 is 0 Å². The van der Waals surface area contributed by atoms with Crippen molar-refractivity contribution in [2.75, 3.05) is 0 Å². The van der Waals surface area contributed by atoms with Gasteiger partial charge in [-0.3, -0.25) is 19.3 Å². The molecule has 1 aliphatic carbocycles. The van der Waals surface area contributed by atoms with E-state index in [-0.39, 0.29) is 30.1 Å². The van der Waals surface area contributed by atoms with Gasteiger partial charge in [0.25, 0.3) is 5.91 Å². The second kappa shape index (κ2) is 6.44. The first-order chi connectivity index (χ1) is 13.6. The number of ketones is 1. The molecule has 2 amide bonds. The number of imide groups is 1. The zero-order valence-electron chi connectivity index (χ0n) is 15.2. The van der Waals surface area contributed by atoms with E-state index in [0.29, 0.717) is 24.2 Å². The van der Waals surface area contributed by atoms with Crippen LogP contribution < -0.4 is 0 Å². The number of carbonyl (C=O) groups excluding carboxylic acids is 3. The van der Waals surface area contributed by atoms with Crippen molar-refractivity contribution in [3.63, 3.8) is 0 Å². The van der Waals surface area contributed by atoms with Crippen LogP contribution in [0, 0.1) is 5.92 Å². The summed E-state index contributed by atoms with van der Waals surface area (Å²) < 4.78 is 5.91. The van der Waals surface area contributed by atoms with Gasteiger partial charge in [0.1, 0.15) is 11.7 Å². The number of benzene rings is 2. The summed E-state index contributed by atoms with van der Waals surface area (Å²) in [4.78, 5) is 40.0. The number of hydrogen-bond donors (Lipinski definition) is 0. The van der Waals surface area contributed by atoms with Gasteiger partial charge in [0.05, 0.1) is 6.54 Å². The third kappa shape index (κ3) is 2.58. The quantitative estimate of drug-likeness (QED) is 0.776. The molecule has 5 heteroatoms. The standard InChI is InChI=1S/C23H19NO4/c25-17-11-16(15-9-5-2-6-10-15)12-18-19(17)20-21(28-18)23(27)24(22(20)26)13-14-7-3-1-4-8-14/h1-10,16,20-21H,11-13H2/t16?,20-,21+/m1/s1. The average Bonchev–Trinajstić information content (AvgIpc) is 3.21. The number of likely N-dealkylation sites (tertiary alicyclic amines) is 1. The number of Topliss-reactive ketones (excluding diaryl/α,β-unsaturated/α-hetero) is 1. The lowest BCUT2D eigenvalue weighted by Gasteiger charge is -2.24. The van der Waals surface area contributed by atoms with Gasteiger partial charge >= 0.3 is 0 Å². The van der Waals surface area contributed by atoms with Crippen molar-refractivity contribution < 1.29 is 19.1 Å². The Hall–Kier alpha value is -3.21. The van der Waals surface area contributed by atoms with E-state index in [0.717, 1.165) is 11.1 Å². The van der Waals surface area contributed by atoms with Crippen LogP contribution in [-0.2, 0) is 25.7 Å². The molecule has 2 aromatic carbocycles. The second-order valence-corrected chi connectivity index (χ2v) is 7.54. The molecule has 5 nitrogen and oxygen atoms in total. The van der Waals surface area contributed by atoms with Crippen LogP contribution in [0.2, 0.25) is 0 Å². The molecule has 0 saturated carbocycles. The SMILES string of the molecule is O=C1CC(c2ccccc2)CC2=C1[C@H]1C(=O)N(Cc3ccccc3)C(=O)[C@H]1O2. The largest absolute Gasteiger partial charge is 0.483 e. The minimum Gasteiger partial charge on any atom is -0.483 e. The Morgan fingerprint density at radius 1 is 0.857 bits per heavy atom. The van der Waals surface area contributed by atoms with E-state index in [1.807, 2.05) is 60.7 Å². The monoisotopic (exact) mass is 373 g/mol. The summed E-state index contributed by atoms with van der Waals surface area (Å²) >= 11 is 0. The van der Waals surface area contributed by atoms with Gasteiger partial charge in [-0.05, 0) is 17.0 Å². The lowest BCUT2D eigenvalue weighted by atomic mass is 9.79. The molecule has 0 aromatic heterocycles. The predicted octanol–water partition coefficient (Wildman–Crippen LogP) is 2.97. The van der Waals surface area contributed by atoms with E-state index >= 15 is 0 Å². The molecule has 1 saturated heterocycles. The molecular formula is C23H19NO4. The number of allylic oxidation sites excluding steroid dienone is 1. The van der Waals surface area contributed by atoms with Crippen LogP contribution in [0.15, 0.2) is 72.0 Å². The van der Waals surface area contributed by atoms with E-state index < -0.39 is 12.0 Å². The zero-order chi connectivity index (χ0) is 19.3. The molecule has 3 aliphatic rings. The summed E-state index contributed by atoms with van der Waals surface area (Å²) in [6, 6.07) is 19.2. The van der Waals surface area contributed by atoms with E-state index in [2.05, 4.69) is 0 Å². The molecule has 2 heterocycles. The van der Waals surface area contributed by atoms with Gasteiger partial charge in [0.15, 0.2) is 11.9 Å².